The van der Waals surface area contributed by atoms with Crippen LogP contribution in [-0.2, 0) is 0 Å². The second-order valence-electron chi connectivity index (χ2n) is 5.54. The zero-order valence-corrected chi connectivity index (χ0v) is 12.5. The Morgan fingerprint density at radius 2 is 1.53 bits per heavy atom. The molecule has 0 N–H and O–H groups in total. The van der Waals surface area contributed by atoms with Gasteiger partial charge in [-0.3, -0.25) is 4.79 Å². The lowest BCUT2D eigenvalue weighted by Crippen LogP contribution is -2.11. The summed E-state index contributed by atoms with van der Waals surface area (Å²) in [4.78, 5) is 12.1. The van der Waals surface area contributed by atoms with E-state index in [0.29, 0.717) is 5.78 Å². The predicted molar refractivity (Wildman–Crippen MR) is 82.5 cm³/mol. The van der Waals surface area contributed by atoms with Crippen molar-refractivity contribution < 1.29 is 4.79 Å². The van der Waals surface area contributed by atoms with Crippen LogP contribution in [0.25, 0.3) is 0 Å². The van der Waals surface area contributed by atoms with Crippen LogP contribution in [0, 0.1) is 5.92 Å². The zero-order chi connectivity index (χ0) is 13.9. The molecule has 0 aromatic heterocycles. The zero-order valence-electron chi connectivity index (χ0n) is 12.5. The van der Waals surface area contributed by atoms with Gasteiger partial charge in [0, 0.05) is 11.5 Å². The third-order valence-corrected chi connectivity index (χ3v) is 3.75. The van der Waals surface area contributed by atoms with E-state index in [1.807, 2.05) is 30.3 Å². The molecule has 0 amide bonds. The highest BCUT2D eigenvalue weighted by molar-refractivity contribution is 5.97. The first-order valence-electron chi connectivity index (χ1n) is 7.85. The van der Waals surface area contributed by atoms with E-state index in [4.69, 9.17) is 0 Å². The van der Waals surface area contributed by atoms with E-state index >= 15 is 0 Å². The number of carbonyl (C=O) groups excluding carboxylic acids is 1. The molecule has 0 aliphatic carbocycles. The number of carbonyl (C=O) groups is 1. The molecule has 0 aliphatic rings. The molecule has 1 aromatic carbocycles. The van der Waals surface area contributed by atoms with Gasteiger partial charge in [-0.2, -0.15) is 0 Å². The Hall–Kier alpha value is -1.11. The summed E-state index contributed by atoms with van der Waals surface area (Å²) in [6.07, 6.45) is 10.2. The second-order valence-corrected chi connectivity index (χ2v) is 5.54. The van der Waals surface area contributed by atoms with E-state index in [1.165, 1.54) is 44.9 Å². The third-order valence-electron chi connectivity index (χ3n) is 3.75. The van der Waals surface area contributed by atoms with E-state index in [9.17, 15) is 4.79 Å². The molecule has 0 heterocycles. The summed E-state index contributed by atoms with van der Waals surface area (Å²) in [5, 5.41) is 0. The number of hydrogen-bond acceptors (Lipinski definition) is 1. The van der Waals surface area contributed by atoms with Crippen molar-refractivity contribution in [2.45, 2.75) is 65.2 Å². The van der Waals surface area contributed by atoms with Crippen LogP contribution in [0.15, 0.2) is 30.3 Å². The second kappa shape index (κ2) is 9.77. The standard InChI is InChI=1S/C18H28O/c1-3-4-5-6-7-8-10-13-16(2)18(19)17-14-11-9-12-15-17/h9,11-12,14-16H,3-8,10,13H2,1-2H3. The first-order valence-corrected chi connectivity index (χ1v) is 7.85. The Balaban J connectivity index is 2.14. The van der Waals surface area contributed by atoms with Crippen LogP contribution in [0.5, 0.6) is 0 Å². The normalized spacial score (nSPS) is 12.3. The van der Waals surface area contributed by atoms with Gasteiger partial charge in [-0.15, -0.1) is 0 Å². The lowest BCUT2D eigenvalue weighted by molar-refractivity contribution is 0.0922. The first-order chi connectivity index (χ1) is 9.25. The van der Waals surface area contributed by atoms with Crippen LogP contribution in [-0.4, -0.2) is 5.78 Å². The lowest BCUT2D eigenvalue weighted by Gasteiger charge is -2.10. The predicted octanol–water partition coefficient (Wildman–Crippen LogP) is 5.65. The smallest absolute Gasteiger partial charge is 0.165 e. The van der Waals surface area contributed by atoms with Gasteiger partial charge < -0.3 is 0 Å². The molecule has 1 nitrogen and oxygen atoms in total. The van der Waals surface area contributed by atoms with Crippen molar-refractivity contribution in [3.8, 4) is 0 Å². The van der Waals surface area contributed by atoms with Crippen molar-refractivity contribution >= 4 is 5.78 Å². The van der Waals surface area contributed by atoms with Crippen molar-refractivity contribution in [2.75, 3.05) is 0 Å². The van der Waals surface area contributed by atoms with Gasteiger partial charge in [-0.25, -0.2) is 0 Å². The van der Waals surface area contributed by atoms with Gasteiger partial charge in [0.2, 0.25) is 0 Å². The molecule has 0 spiro atoms. The SMILES string of the molecule is CCCCCCCCCC(C)C(=O)c1ccccc1. The molecular formula is C18H28O. The average molecular weight is 260 g/mol. The molecule has 0 fully saturated rings. The lowest BCUT2D eigenvalue weighted by atomic mass is 9.94. The Morgan fingerprint density at radius 1 is 0.947 bits per heavy atom. The highest BCUT2D eigenvalue weighted by Crippen LogP contribution is 2.16. The molecule has 1 heteroatoms. The molecule has 1 unspecified atom stereocenters. The monoisotopic (exact) mass is 260 g/mol. The van der Waals surface area contributed by atoms with E-state index in [-0.39, 0.29) is 5.92 Å². The average Bonchev–Trinajstić information content (AvgIpc) is 2.46. The molecule has 1 rings (SSSR count). The molecule has 106 valence electrons. The summed E-state index contributed by atoms with van der Waals surface area (Å²) in [6.45, 7) is 4.31. The number of Topliss-reactive ketones (excluding diaryl/α,β-unsaturated/α-hetero) is 1. The minimum absolute atomic E-state index is 0.165. The maximum Gasteiger partial charge on any atom is 0.165 e. The molecule has 0 saturated heterocycles. The van der Waals surface area contributed by atoms with Crippen molar-refractivity contribution in [2.24, 2.45) is 5.92 Å². The Bertz CT molecular complexity index is 342. The number of rotatable bonds is 10. The Kier molecular flexibility index (Phi) is 8.20. The van der Waals surface area contributed by atoms with Crippen LogP contribution in [0.2, 0.25) is 0 Å². The van der Waals surface area contributed by atoms with Gasteiger partial charge in [-0.05, 0) is 6.42 Å². The van der Waals surface area contributed by atoms with Gasteiger partial charge in [0.25, 0.3) is 0 Å². The van der Waals surface area contributed by atoms with Gasteiger partial charge >= 0.3 is 0 Å². The topological polar surface area (TPSA) is 17.1 Å². The molecule has 0 saturated carbocycles. The van der Waals surface area contributed by atoms with Crippen LogP contribution >= 0.6 is 0 Å². The van der Waals surface area contributed by atoms with E-state index in [1.54, 1.807) is 0 Å². The summed E-state index contributed by atoms with van der Waals surface area (Å²) in [6, 6.07) is 9.67. The molecule has 0 radical (unpaired) electrons. The number of hydrogen-bond donors (Lipinski definition) is 0. The fourth-order valence-corrected chi connectivity index (χ4v) is 2.43. The van der Waals surface area contributed by atoms with Gasteiger partial charge in [0.1, 0.15) is 0 Å². The Morgan fingerprint density at radius 3 is 2.16 bits per heavy atom. The summed E-state index contributed by atoms with van der Waals surface area (Å²) in [5.41, 5.74) is 0.859. The summed E-state index contributed by atoms with van der Waals surface area (Å²) in [5.74, 6) is 0.463. The number of ketones is 1. The van der Waals surface area contributed by atoms with E-state index in [0.717, 1.165) is 12.0 Å². The summed E-state index contributed by atoms with van der Waals surface area (Å²) < 4.78 is 0. The molecular weight excluding hydrogens is 232 g/mol. The summed E-state index contributed by atoms with van der Waals surface area (Å²) in [7, 11) is 0. The largest absolute Gasteiger partial charge is 0.294 e. The van der Waals surface area contributed by atoms with Crippen LogP contribution < -0.4 is 0 Å². The molecule has 1 aromatic rings. The minimum atomic E-state index is 0.165. The van der Waals surface area contributed by atoms with Crippen LogP contribution in [0.1, 0.15) is 75.6 Å². The van der Waals surface area contributed by atoms with Crippen LogP contribution in [0.4, 0.5) is 0 Å². The molecule has 19 heavy (non-hydrogen) atoms. The summed E-state index contributed by atoms with van der Waals surface area (Å²) >= 11 is 0. The fraction of sp³-hybridized carbons (Fsp3) is 0.611. The maximum absolute atomic E-state index is 12.1. The molecule has 0 aliphatic heterocycles. The first kappa shape index (κ1) is 15.9. The fourth-order valence-electron chi connectivity index (χ4n) is 2.43. The number of benzene rings is 1. The van der Waals surface area contributed by atoms with Crippen molar-refractivity contribution in [1.29, 1.82) is 0 Å². The third kappa shape index (κ3) is 6.56. The molecule has 0 bridgehead atoms. The Labute approximate surface area is 118 Å². The van der Waals surface area contributed by atoms with Crippen molar-refractivity contribution in [3.63, 3.8) is 0 Å². The number of unbranched alkanes of at least 4 members (excludes halogenated alkanes) is 6. The highest BCUT2D eigenvalue weighted by atomic mass is 16.1. The quantitative estimate of drug-likeness (QED) is 0.392. The minimum Gasteiger partial charge on any atom is -0.294 e. The maximum atomic E-state index is 12.1. The van der Waals surface area contributed by atoms with Gasteiger partial charge in [0.05, 0.1) is 0 Å². The van der Waals surface area contributed by atoms with E-state index < -0.39 is 0 Å². The van der Waals surface area contributed by atoms with Crippen LogP contribution in [0.3, 0.4) is 0 Å². The van der Waals surface area contributed by atoms with Gasteiger partial charge in [-0.1, -0.05) is 89.1 Å². The van der Waals surface area contributed by atoms with Gasteiger partial charge in [0.15, 0.2) is 5.78 Å². The highest BCUT2D eigenvalue weighted by Gasteiger charge is 2.13. The van der Waals surface area contributed by atoms with E-state index in [2.05, 4.69) is 13.8 Å². The molecule has 1 atom stereocenters. The van der Waals surface area contributed by atoms with Crippen molar-refractivity contribution in [1.82, 2.24) is 0 Å². The van der Waals surface area contributed by atoms with Crippen molar-refractivity contribution in [3.05, 3.63) is 35.9 Å².